The van der Waals surface area contributed by atoms with Crippen molar-refractivity contribution in [1.82, 2.24) is 0 Å². The summed E-state index contributed by atoms with van der Waals surface area (Å²) in [4.78, 5) is 12.3. The summed E-state index contributed by atoms with van der Waals surface area (Å²) in [6, 6.07) is 22.2. The Morgan fingerprint density at radius 3 is 2.08 bits per heavy atom. The van der Waals surface area contributed by atoms with Crippen molar-refractivity contribution in [3.63, 3.8) is 0 Å². The Morgan fingerprint density at radius 1 is 0.885 bits per heavy atom. The number of rotatable bonds is 6. The molecule has 0 aliphatic carbocycles. The zero-order valence-electron chi connectivity index (χ0n) is 14.5. The number of esters is 1. The van der Waals surface area contributed by atoms with Gasteiger partial charge in [0.15, 0.2) is 0 Å². The summed E-state index contributed by atoms with van der Waals surface area (Å²) in [6.45, 7) is 2.37. The van der Waals surface area contributed by atoms with Crippen molar-refractivity contribution < 1.29 is 19.4 Å². The van der Waals surface area contributed by atoms with Gasteiger partial charge in [0, 0.05) is 6.07 Å². The Balaban J connectivity index is 1.67. The lowest BCUT2D eigenvalue weighted by Gasteiger charge is -2.12. The molecule has 0 bridgehead atoms. The molecule has 0 unspecified atom stereocenters. The van der Waals surface area contributed by atoms with E-state index in [1.54, 1.807) is 6.07 Å². The standard InChI is InChI=1S/C22H20O4/c1-16-12-19(22(24)26-15-18-10-6-3-7-11-18)20(23)13-21(16)25-14-17-8-4-2-5-9-17/h2-13,23H,14-15H2,1H3. The molecule has 4 nitrogen and oxygen atoms in total. The third-order valence-corrected chi connectivity index (χ3v) is 3.96. The van der Waals surface area contributed by atoms with Gasteiger partial charge in [-0.15, -0.1) is 0 Å². The van der Waals surface area contributed by atoms with E-state index in [1.165, 1.54) is 6.07 Å². The van der Waals surface area contributed by atoms with Crippen LogP contribution in [0.5, 0.6) is 11.5 Å². The maximum atomic E-state index is 12.3. The van der Waals surface area contributed by atoms with Crippen molar-refractivity contribution in [2.45, 2.75) is 20.1 Å². The first kappa shape index (κ1) is 17.5. The molecule has 0 saturated carbocycles. The van der Waals surface area contributed by atoms with Crippen LogP contribution in [0.3, 0.4) is 0 Å². The molecule has 26 heavy (non-hydrogen) atoms. The largest absolute Gasteiger partial charge is 0.507 e. The number of carbonyl (C=O) groups excluding carboxylic acids is 1. The molecule has 0 radical (unpaired) electrons. The van der Waals surface area contributed by atoms with Gasteiger partial charge >= 0.3 is 5.97 Å². The van der Waals surface area contributed by atoms with Gasteiger partial charge in [-0.2, -0.15) is 0 Å². The van der Waals surface area contributed by atoms with Crippen molar-refractivity contribution in [2.75, 3.05) is 0 Å². The Labute approximate surface area is 152 Å². The minimum absolute atomic E-state index is 0.130. The van der Waals surface area contributed by atoms with Crippen LogP contribution in [0, 0.1) is 6.92 Å². The fourth-order valence-corrected chi connectivity index (χ4v) is 2.53. The summed E-state index contributed by atoms with van der Waals surface area (Å²) in [5.74, 6) is -0.188. The maximum absolute atomic E-state index is 12.3. The number of carbonyl (C=O) groups is 1. The summed E-state index contributed by atoms with van der Waals surface area (Å²) < 4.78 is 11.0. The maximum Gasteiger partial charge on any atom is 0.342 e. The van der Waals surface area contributed by atoms with E-state index in [1.807, 2.05) is 67.6 Å². The molecule has 3 rings (SSSR count). The highest BCUT2D eigenvalue weighted by molar-refractivity contribution is 5.93. The second-order valence-corrected chi connectivity index (χ2v) is 5.97. The number of aromatic hydroxyl groups is 1. The molecule has 0 heterocycles. The number of ether oxygens (including phenoxy) is 2. The summed E-state index contributed by atoms with van der Waals surface area (Å²) in [5.41, 5.74) is 2.80. The van der Waals surface area contributed by atoms with Gasteiger partial charge in [-0.25, -0.2) is 4.79 Å². The molecule has 0 fully saturated rings. The highest BCUT2D eigenvalue weighted by Gasteiger charge is 2.16. The van der Waals surface area contributed by atoms with Gasteiger partial charge in [-0.3, -0.25) is 0 Å². The molecule has 0 aromatic heterocycles. The lowest BCUT2D eigenvalue weighted by molar-refractivity contribution is 0.0469. The summed E-state index contributed by atoms with van der Waals surface area (Å²) in [5, 5.41) is 10.2. The monoisotopic (exact) mass is 348 g/mol. The molecule has 1 N–H and O–H groups in total. The molecular weight excluding hydrogens is 328 g/mol. The van der Waals surface area contributed by atoms with Gasteiger partial charge in [0.1, 0.15) is 30.3 Å². The third kappa shape index (κ3) is 4.42. The minimum Gasteiger partial charge on any atom is -0.507 e. The Kier molecular flexibility index (Phi) is 5.54. The zero-order valence-corrected chi connectivity index (χ0v) is 14.5. The molecule has 4 heteroatoms. The van der Waals surface area contributed by atoms with Crippen LogP contribution in [0.25, 0.3) is 0 Å². The number of phenols is 1. The summed E-state index contributed by atoms with van der Waals surface area (Å²) in [6.07, 6.45) is 0. The van der Waals surface area contributed by atoms with Gasteiger partial charge in [0.25, 0.3) is 0 Å². The SMILES string of the molecule is Cc1cc(C(=O)OCc2ccccc2)c(O)cc1OCc1ccccc1. The predicted octanol–water partition coefficient (Wildman–Crippen LogP) is 4.64. The molecule has 0 aliphatic heterocycles. The molecule has 0 aliphatic rings. The van der Waals surface area contributed by atoms with E-state index in [9.17, 15) is 9.90 Å². The first-order chi connectivity index (χ1) is 12.6. The van der Waals surface area contributed by atoms with Crippen LogP contribution in [0.2, 0.25) is 0 Å². The summed E-state index contributed by atoms with van der Waals surface area (Å²) >= 11 is 0. The topological polar surface area (TPSA) is 55.8 Å². The number of hydrogen-bond acceptors (Lipinski definition) is 4. The van der Waals surface area contributed by atoms with E-state index in [-0.39, 0.29) is 17.9 Å². The summed E-state index contributed by atoms with van der Waals surface area (Å²) in [7, 11) is 0. The van der Waals surface area contributed by atoms with Crippen LogP contribution in [0.15, 0.2) is 72.8 Å². The molecule has 3 aromatic carbocycles. The van der Waals surface area contributed by atoms with Gasteiger partial charge in [0.05, 0.1) is 0 Å². The molecule has 0 atom stereocenters. The molecule has 0 amide bonds. The second kappa shape index (κ2) is 8.21. The highest BCUT2D eigenvalue weighted by Crippen LogP contribution is 2.29. The average molecular weight is 348 g/mol. The van der Waals surface area contributed by atoms with Crippen molar-refractivity contribution >= 4 is 5.97 Å². The number of benzene rings is 3. The number of hydrogen-bond donors (Lipinski definition) is 1. The molecular formula is C22H20O4. The van der Waals surface area contributed by atoms with Crippen molar-refractivity contribution in [3.05, 3.63) is 95.1 Å². The number of phenolic OH excluding ortho intramolecular Hbond substituents is 1. The van der Waals surface area contributed by atoms with Crippen molar-refractivity contribution in [1.29, 1.82) is 0 Å². The minimum atomic E-state index is -0.566. The van der Waals surface area contributed by atoms with E-state index in [2.05, 4.69) is 0 Å². The average Bonchev–Trinajstić information content (AvgIpc) is 2.68. The third-order valence-electron chi connectivity index (χ3n) is 3.96. The first-order valence-electron chi connectivity index (χ1n) is 8.35. The van der Waals surface area contributed by atoms with E-state index in [4.69, 9.17) is 9.47 Å². The van der Waals surface area contributed by atoms with Gasteiger partial charge in [-0.1, -0.05) is 60.7 Å². The fraction of sp³-hybridized carbons (Fsp3) is 0.136. The first-order valence-corrected chi connectivity index (χ1v) is 8.35. The number of aryl methyl sites for hydroxylation is 1. The molecule has 132 valence electrons. The highest BCUT2D eigenvalue weighted by atomic mass is 16.5. The van der Waals surface area contributed by atoms with E-state index < -0.39 is 5.97 Å². The lowest BCUT2D eigenvalue weighted by atomic mass is 10.1. The zero-order chi connectivity index (χ0) is 18.4. The Hall–Kier alpha value is -3.27. The Bertz CT molecular complexity index is 873. The van der Waals surface area contributed by atoms with Crippen molar-refractivity contribution in [2.24, 2.45) is 0 Å². The Morgan fingerprint density at radius 2 is 1.46 bits per heavy atom. The van der Waals surface area contributed by atoms with Gasteiger partial charge in [0.2, 0.25) is 0 Å². The van der Waals surface area contributed by atoms with E-state index in [0.717, 1.165) is 16.7 Å². The second-order valence-electron chi connectivity index (χ2n) is 5.97. The van der Waals surface area contributed by atoms with Gasteiger partial charge in [-0.05, 0) is 29.7 Å². The normalized spacial score (nSPS) is 10.3. The van der Waals surface area contributed by atoms with Crippen LogP contribution in [-0.4, -0.2) is 11.1 Å². The fourth-order valence-electron chi connectivity index (χ4n) is 2.53. The van der Waals surface area contributed by atoms with Gasteiger partial charge < -0.3 is 14.6 Å². The molecule has 0 spiro atoms. The van der Waals surface area contributed by atoms with E-state index >= 15 is 0 Å². The van der Waals surface area contributed by atoms with Crippen LogP contribution < -0.4 is 4.74 Å². The predicted molar refractivity (Wildman–Crippen MR) is 99.2 cm³/mol. The van der Waals surface area contributed by atoms with Crippen LogP contribution in [-0.2, 0) is 18.0 Å². The quantitative estimate of drug-likeness (QED) is 0.660. The van der Waals surface area contributed by atoms with Crippen LogP contribution in [0.4, 0.5) is 0 Å². The van der Waals surface area contributed by atoms with Crippen LogP contribution in [0.1, 0.15) is 27.0 Å². The lowest BCUT2D eigenvalue weighted by Crippen LogP contribution is -2.07. The van der Waals surface area contributed by atoms with Crippen molar-refractivity contribution in [3.8, 4) is 11.5 Å². The smallest absolute Gasteiger partial charge is 0.342 e. The molecule has 3 aromatic rings. The van der Waals surface area contributed by atoms with E-state index in [0.29, 0.717) is 12.4 Å². The molecule has 0 saturated heterocycles. The van der Waals surface area contributed by atoms with Crippen LogP contribution >= 0.6 is 0 Å².